The van der Waals surface area contributed by atoms with Gasteiger partial charge in [-0.2, -0.15) is 0 Å². The summed E-state index contributed by atoms with van der Waals surface area (Å²) in [6, 6.07) is 13.9. The normalized spacial score (nSPS) is 18.1. The van der Waals surface area contributed by atoms with Gasteiger partial charge in [-0.1, -0.05) is 29.5 Å². The highest BCUT2D eigenvalue weighted by molar-refractivity contribution is 7.22. The molecule has 1 unspecified atom stereocenters. The Morgan fingerprint density at radius 3 is 2.78 bits per heavy atom. The Labute approximate surface area is 189 Å². The third-order valence-corrected chi connectivity index (χ3v) is 6.87. The first-order valence-electron chi connectivity index (χ1n) is 10.6. The number of carbonyl (C=O) groups is 1. The molecule has 0 aliphatic heterocycles. The summed E-state index contributed by atoms with van der Waals surface area (Å²) in [6.07, 6.45) is 6.21. The molecule has 2 aromatic heterocycles. The van der Waals surface area contributed by atoms with Crippen LogP contribution in [0, 0.1) is 5.82 Å². The quantitative estimate of drug-likeness (QED) is 0.466. The molecular formula is C24H22FN5OS. The van der Waals surface area contributed by atoms with Gasteiger partial charge in [0.15, 0.2) is 11.0 Å². The van der Waals surface area contributed by atoms with Crippen molar-refractivity contribution in [1.82, 2.24) is 19.9 Å². The summed E-state index contributed by atoms with van der Waals surface area (Å²) in [6.45, 7) is 0. The molecule has 8 heteroatoms. The lowest BCUT2D eigenvalue weighted by Gasteiger charge is -2.30. The van der Waals surface area contributed by atoms with Crippen LogP contribution in [-0.2, 0) is 0 Å². The molecule has 1 aliphatic rings. The Balaban J connectivity index is 1.38. The van der Waals surface area contributed by atoms with Gasteiger partial charge in [0, 0.05) is 31.0 Å². The molecule has 2 atom stereocenters. The van der Waals surface area contributed by atoms with E-state index in [0.717, 1.165) is 40.2 Å². The maximum Gasteiger partial charge on any atom is 0.254 e. The molecule has 2 heterocycles. The minimum absolute atomic E-state index is 0.0241. The predicted octanol–water partition coefficient (Wildman–Crippen LogP) is 5.00. The van der Waals surface area contributed by atoms with E-state index >= 15 is 0 Å². The number of nitrogens with zero attached hydrogens (tertiary/aromatic N) is 4. The van der Waals surface area contributed by atoms with Gasteiger partial charge >= 0.3 is 0 Å². The van der Waals surface area contributed by atoms with Crippen LogP contribution in [0.2, 0.25) is 0 Å². The zero-order chi connectivity index (χ0) is 22.1. The van der Waals surface area contributed by atoms with Gasteiger partial charge in [-0.15, -0.1) is 0 Å². The van der Waals surface area contributed by atoms with Crippen molar-refractivity contribution < 1.29 is 9.18 Å². The maximum atomic E-state index is 13.5. The molecule has 32 heavy (non-hydrogen) atoms. The second-order valence-corrected chi connectivity index (χ2v) is 8.94. The largest absolute Gasteiger partial charge is 0.357 e. The van der Waals surface area contributed by atoms with Gasteiger partial charge in [0.25, 0.3) is 5.91 Å². The van der Waals surface area contributed by atoms with E-state index in [2.05, 4.69) is 20.3 Å². The minimum atomic E-state index is -0.266. The average molecular weight is 448 g/mol. The molecule has 6 nitrogen and oxygen atoms in total. The highest BCUT2D eigenvalue weighted by atomic mass is 32.1. The number of aromatic nitrogens is 3. The van der Waals surface area contributed by atoms with Crippen LogP contribution in [0.3, 0.4) is 0 Å². The molecule has 2 aromatic carbocycles. The summed E-state index contributed by atoms with van der Waals surface area (Å²) in [4.78, 5) is 28.5. The van der Waals surface area contributed by atoms with Gasteiger partial charge in [0.05, 0.1) is 21.8 Å². The predicted molar refractivity (Wildman–Crippen MR) is 124 cm³/mol. The van der Waals surface area contributed by atoms with Crippen molar-refractivity contribution in [1.29, 1.82) is 0 Å². The van der Waals surface area contributed by atoms with Crippen LogP contribution in [0.25, 0.3) is 21.6 Å². The first-order chi connectivity index (χ1) is 15.6. The summed E-state index contributed by atoms with van der Waals surface area (Å²) < 4.78 is 14.3. The summed E-state index contributed by atoms with van der Waals surface area (Å²) in [5, 5.41) is 4.25. The zero-order valence-corrected chi connectivity index (χ0v) is 18.3. The monoisotopic (exact) mass is 447 g/mol. The molecular weight excluding hydrogens is 425 g/mol. The Hall–Kier alpha value is -3.39. The van der Waals surface area contributed by atoms with E-state index < -0.39 is 0 Å². The number of likely N-dealkylation sites (N-methyl/N-ethyl adjacent to an activating group) is 1. The lowest BCUT2D eigenvalue weighted by atomic mass is 10.0. The number of anilines is 1. The van der Waals surface area contributed by atoms with E-state index in [4.69, 9.17) is 0 Å². The number of carbonyl (C=O) groups excluding carboxylic acids is 1. The highest BCUT2D eigenvalue weighted by Crippen LogP contribution is 2.32. The van der Waals surface area contributed by atoms with Crippen molar-refractivity contribution in [2.45, 2.75) is 31.3 Å². The number of nitrogens with one attached hydrogen (secondary N) is 1. The number of benzene rings is 2. The van der Waals surface area contributed by atoms with Crippen LogP contribution in [-0.4, -0.2) is 44.9 Å². The molecule has 0 bridgehead atoms. The second-order valence-electron chi connectivity index (χ2n) is 7.91. The second kappa shape index (κ2) is 8.63. The minimum Gasteiger partial charge on any atom is -0.357 e. The molecule has 1 aliphatic carbocycles. The SMILES string of the molecule is CN(C(=O)c1ccccc1-c1ncccn1)C1CCC[C@@H]1Nc1nc2ccc(F)cc2s1. The van der Waals surface area contributed by atoms with Gasteiger partial charge in [-0.25, -0.2) is 19.3 Å². The van der Waals surface area contributed by atoms with E-state index in [0.29, 0.717) is 11.4 Å². The molecule has 0 spiro atoms. The van der Waals surface area contributed by atoms with Gasteiger partial charge in [-0.3, -0.25) is 4.79 Å². The van der Waals surface area contributed by atoms with Crippen molar-refractivity contribution in [3.05, 3.63) is 72.3 Å². The van der Waals surface area contributed by atoms with Crippen LogP contribution in [0.15, 0.2) is 60.9 Å². The smallest absolute Gasteiger partial charge is 0.254 e. The Kier molecular flexibility index (Phi) is 5.53. The molecule has 1 N–H and O–H groups in total. The number of fused-ring (bicyclic) bond motifs is 1. The third kappa shape index (κ3) is 3.93. The zero-order valence-electron chi connectivity index (χ0n) is 17.5. The summed E-state index contributed by atoms with van der Waals surface area (Å²) in [5.74, 6) is 0.212. The van der Waals surface area contributed by atoms with Crippen LogP contribution < -0.4 is 5.32 Å². The number of hydrogen-bond donors (Lipinski definition) is 1. The van der Waals surface area contributed by atoms with Crippen molar-refractivity contribution in [2.24, 2.45) is 0 Å². The number of halogens is 1. The number of hydrogen-bond acceptors (Lipinski definition) is 6. The molecule has 4 aromatic rings. The molecule has 0 saturated heterocycles. The Morgan fingerprint density at radius 2 is 1.94 bits per heavy atom. The van der Waals surface area contributed by atoms with Crippen LogP contribution in [0.5, 0.6) is 0 Å². The van der Waals surface area contributed by atoms with Crippen LogP contribution in [0.4, 0.5) is 9.52 Å². The van der Waals surface area contributed by atoms with E-state index in [-0.39, 0.29) is 23.8 Å². The fourth-order valence-corrected chi connectivity index (χ4v) is 5.29. The van der Waals surface area contributed by atoms with Gasteiger partial charge in [-0.05, 0) is 49.6 Å². The van der Waals surface area contributed by atoms with E-state index in [1.807, 2.05) is 36.2 Å². The lowest BCUT2D eigenvalue weighted by Crippen LogP contribution is -2.44. The number of thiazole rings is 1. The number of rotatable bonds is 5. The van der Waals surface area contributed by atoms with Gasteiger partial charge < -0.3 is 10.2 Å². The average Bonchev–Trinajstić information content (AvgIpc) is 3.45. The van der Waals surface area contributed by atoms with Gasteiger partial charge in [0.2, 0.25) is 0 Å². The van der Waals surface area contributed by atoms with Crippen molar-refractivity contribution in [3.8, 4) is 11.4 Å². The Bertz CT molecular complexity index is 1260. The molecule has 5 rings (SSSR count). The number of amides is 1. The van der Waals surface area contributed by atoms with E-state index in [1.54, 1.807) is 24.5 Å². The first-order valence-corrected chi connectivity index (χ1v) is 11.4. The van der Waals surface area contributed by atoms with Gasteiger partial charge in [0.1, 0.15) is 5.82 Å². The summed E-state index contributed by atoms with van der Waals surface area (Å²) >= 11 is 1.43. The maximum absolute atomic E-state index is 13.5. The standard InChI is InChI=1S/C24H22FN5OS/c1-30(23(31)17-7-3-2-6-16(17)22-26-12-5-13-27-22)20-9-4-8-18(20)28-24-29-19-11-10-15(25)14-21(19)32-24/h2-3,5-7,10-14,18,20H,4,8-9H2,1H3,(H,28,29)/t18-,20?/m0/s1. The summed E-state index contributed by atoms with van der Waals surface area (Å²) in [5.41, 5.74) is 2.08. The first kappa shape index (κ1) is 20.5. The highest BCUT2D eigenvalue weighted by Gasteiger charge is 2.34. The van der Waals surface area contributed by atoms with E-state index in [1.165, 1.54) is 23.5 Å². The van der Waals surface area contributed by atoms with Crippen molar-refractivity contribution >= 4 is 32.6 Å². The molecule has 1 saturated carbocycles. The van der Waals surface area contributed by atoms with E-state index in [9.17, 15) is 9.18 Å². The Morgan fingerprint density at radius 1 is 1.12 bits per heavy atom. The third-order valence-electron chi connectivity index (χ3n) is 5.92. The fourth-order valence-electron chi connectivity index (χ4n) is 4.33. The summed E-state index contributed by atoms with van der Waals surface area (Å²) in [7, 11) is 1.85. The van der Waals surface area contributed by atoms with Crippen LogP contribution in [0.1, 0.15) is 29.6 Å². The molecule has 0 radical (unpaired) electrons. The van der Waals surface area contributed by atoms with Crippen molar-refractivity contribution in [3.63, 3.8) is 0 Å². The lowest BCUT2D eigenvalue weighted by molar-refractivity contribution is 0.0728. The van der Waals surface area contributed by atoms with Crippen molar-refractivity contribution in [2.75, 3.05) is 12.4 Å². The molecule has 1 amide bonds. The molecule has 1 fully saturated rings. The topological polar surface area (TPSA) is 71.0 Å². The fraction of sp³-hybridized carbons (Fsp3) is 0.250. The van der Waals surface area contributed by atoms with Crippen LogP contribution >= 0.6 is 11.3 Å². The molecule has 162 valence electrons.